The van der Waals surface area contributed by atoms with Crippen LogP contribution in [0.4, 0.5) is 8.78 Å². The Hall–Kier alpha value is -2.92. The molecule has 2 aliphatic rings. The van der Waals surface area contributed by atoms with Crippen LogP contribution in [0.2, 0.25) is 5.02 Å². The van der Waals surface area contributed by atoms with Crippen molar-refractivity contribution in [1.82, 2.24) is 5.01 Å². The highest BCUT2D eigenvalue weighted by molar-refractivity contribution is 6.31. The molecular weight excluding hydrogens is 382 g/mol. The molecule has 0 spiro atoms. The van der Waals surface area contributed by atoms with Crippen LogP contribution >= 0.6 is 11.6 Å². The third-order valence-corrected chi connectivity index (χ3v) is 5.45. The number of nitrogens with zero attached hydrogens (tertiary/aromatic N) is 2. The van der Waals surface area contributed by atoms with Crippen LogP contribution in [-0.2, 0) is 0 Å². The lowest BCUT2D eigenvalue weighted by atomic mass is 9.96. The average molecular weight is 397 g/mol. The van der Waals surface area contributed by atoms with Gasteiger partial charge in [0.15, 0.2) is 0 Å². The third kappa shape index (κ3) is 2.74. The number of halogens is 3. The molecule has 3 aromatic carbocycles. The molecule has 2 atom stereocenters. The molecule has 28 heavy (non-hydrogen) atoms. The molecule has 3 nitrogen and oxygen atoms in total. The van der Waals surface area contributed by atoms with E-state index in [1.54, 1.807) is 29.3 Å². The highest BCUT2D eigenvalue weighted by Gasteiger charge is 2.42. The second-order valence-electron chi connectivity index (χ2n) is 6.80. The van der Waals surface area contributed by atoms with Gasteiger partial charge in [0.1, 0.15) is 17.4 Å². The molecule has 0 fully saturated rings. The van der Waals surface area contributed by atoms with E-state index in [2.05, 4.69) is 0 Å². The summed E-state index contributed by atoms with van der Waals surface area (Å²) in [4.78, 5) is 0. The maximum absolute atomic E-state index is 14.7. The summed E-state index contributed by atoms with van der Waals surface area (Å²) in [6, 6.07) is 18.3. The Balaban J connectivity index is 1.63. The molecular formula is C22H15ClF2N2O. The standard InChI is InChI=1S/C22H15ClF2N2O/c23-16-5-3-6-17(25)21(16)22-27-19(15-4-1-2-7-20(15)28-22)12-18(26-27)13-8-10-14(24)11-9-13/h1-11,19,22H,12H2/t19-,22-/m1/s1. The van der Waals surface area contributed by atoms with E-state index in [0.717, 1.165) is 16.8 Å². The minimum Gasteiger partial charge on any atom is -0.464 e. The highest BCUT2D eigenvalue weighted by atomic mass is 35.5. The number of ether oxygens (including phenoxy) is 1. The lowest BCUT2D eigenvalue weighted by molar-refractivity contribution is -0.0211. The summed E-state index contributed by atoms with van der Waals surface area (Å²) < 4.78 is 34.1. The molecule has 0 aliphatic carbocycles. The molecule has 0 unspecified atom stereocenters. The summed E-state index contributed by atoms with van der Waals surface area (Å²) in [7, 11) is 0. The number of hydrazone groups is 1. The van der Waals surface area contributed by atoms with Crippen molar-refractivity contribution < 1.29 is 13.5 Å². The topological polar surface area (TPSA) is 24.8 Å². The van der Waals surface area contributed by atoms with E-state index in [-0.39, 0.29) is 22.4 Å². The molecule has 0 amide bonds. The average Bonchev–Trinajstić information content (AvgIpc) is 3.14. The van der Waals surface area contributed by atoms with Gasteiger partial charge in [-0.05, 0) is 35.9 Å². The van der Waals surface area contributed by atoms with Gasteiger partial charge in [-0.3, -0.25) is 0 Å². The van der Waals surface area contributed by atoms with E-state index in [0.29, 0.717) is 12.2 Å². The zero-order valence-corrected chi connectivity index (χ0v) is 15.4. The Kier molecular flexibility index (Phi) is 4.05. The maximum atomic E-state index is 14.7. The van der Waals surface area contributed by atoms with Crippen molar-refractivity contribution in [1.29, 1.82) is 0 Å². The first kappa shape index (κ1) is 17.2. The Morgan fingerprint density at radius 1 is 0.964 bits per heavy atom. The number of hydrogen-bond donors (Lipinski definition) is 0. The van der Waals surface area contributed by atoms with Crippen LogP contribution in [-0.4, -0.2) is 10.7 Å². The smallest absolute Gasteiger partial charge is 0.218 e. The summed E-state index contributed by atoms with van der Waals surface area (Å²) in [6.45, 7) is 0. The van der Waals surface area contributed by atoms with Crippen molar-refractivity contribution >= 4 is 17.3 Å². The van der Waals surface area contributed by atoms with Crippen LogP contribution in [0, 0.1) is 11.6 Å². The van der Waals surface area contributed by atoms with Crippen LogP contribution in [0.3, 0.4) is 0 Å². The van der Waals surface area contributed by atoms with Crippen molar-refractivity contribution in [2.24, 2.45) is 5.10 Å². The van der Waals surface area contributed by atoms with E-state index in [4.69, 9.17) is 21.4 Å². The summed E-state index contributed by atoms with van der Waals surface area (Å²) in [5.74, 6) is -0.0607. The quantitative estimate of drug-likeness (QED) is 0.542. The van der Waals surface area contributed by atoms with Crippen molar-refractivity contribution in [2.75, 3.05) is 0 Å². The molecule has 2 heterocycles. The minimum absolute atomic E-state index is 0.120. The SMILES string of the molecule is Fc1ccc(C2=NN3[C@H](C2)c2ccccc2O[C@@H]3c2c(F)cccc2Cl)cc1. The predicted molar refractivity (Wildman–Crippen MR) is 103 cm³/mol. The van der Waals surface area contributed by atoms with Crippen LogP contribution in [0.1, 0.15) is 35.4 Å². The fourth-order valence-electron chi connectivity index (χ4n) is 3.79. The molecule has 0 radical (unpaired) electrons. The summed E-state index contributed by atoms with van der Waals surface area (Å²) >= 11 is 6.31. The minimum atomic E-state index is -0.786. The molecule has 0 N–H and O–H groups in total. The summed E-state index contributed by atoms with van der Waals surface area (Å²) in [5, 5.41) is 6.77. The van der Waals surface area contributed by atoms with E-state index < -0.39 is 12.0 Å². The van der Waals surface area contributed by atoms with Gasteiger partial charge in [0, 0.05) is 12.0 Å². The van der Waals surface area contributed by atoms with Gasteiger partial charge in [-0.1, -0.05) is 48.0 Å². The lowest BCUT2D eigenvalue weighted by Gasteiger charge is -2.38. The number of para-hydroxylation sites is 1. The monoisotopic (exact) mass is 396 g/mol. The molecule has 0 saturated heterocycles. The fourth-order valence-corrected chi connectivity index (χ4v) is 4.04. The second-order valence-corrected chi connectivity index (χ2v) is 7.20. The molecule has 5 rings (SSSR count). The molecule has 140 valence electrons. The number of fused-ring (bicyclic) bond motifs is 3. The van der Waals surface area contributed by atoms with Gasteiger partial charge in [0.05, 0.1) is 22.3 Å². The Bertz CT molecular complexity index is 1060. The zero-order chi connectivity index (χ0) is 19.3. The zero-order valence-electron chi connectivity index (χ0n) is 14.6. The van der Waals surface area contributed by atoms with Gasteiger partial charge < -0.3 is 4.74 Å². The number of rotatable bonds is 2. The number of hydrogen-bond acceptors (Lipinski definition) is 3. The third-order valence-electron chi connectivity index (χ3n) is 5.12. The fraction of sp³-hybridized carbons (Fsp3) is 0.136. The molecule has 0 saturated carbocycles. The first-order valence-corrected chi connectivity index (χ1v) is 9.31. The van der Waals surface area contributed by atoms with Gasteiger partial charge in [-0.25, -0.2) is 13.8 Å². The second kappa shape index (κ2) is 6.60. The first-order chi connectivity index (χ1) is 13.6. The molecule has 2 aliphatic heterocycles. The Morgan fingerprint density at radius 2 is 1.75 bits per heavy atom. The predicted octanol–water partition coefficient (Wildman–Crippen LogP) is 5.86. The van der Waals surface area contributed by atoms with Crippen molar-refractivity contribution in [3.63, 3.8) is 0 Å². The van der Waals surface area contributed by atoms with Gasteiger partial charge in [0.2, 0.25) is 6.23 Å². The van der Waals surface area contributed by atoms with E-state index in [1.807, 2.05) is 24.3 Å². The van der Waals surface area contributed by atoms with E-state index in [9.17, 15) is 8.78 Å². The number of benzene rings is 3. The largest absolute Gasteiger partial charge is 0.464 e. The van der Waals surface area contributed by atoms with Gasteiger partial charge >= 0.3 is 0 Å². The Labute approximate surface area is 165 Å². The van der Waals surface area contributed by atoms with Gasteiger partial charge in [-0.15, -0.1) is 0 Å². The molecule has 3 aromatic rings. The Morgan fingerprint density at radius 3 is 2.54 bits per heavy atom. The molecule has 0 aromatic heterocycles. The van der Waals surface area contributed by atoms with Crippen LogP contribution in [0.25, 0.3) is 0 Å². The normalized spacial score (nSPS) is 20.2. The first-order valence-electron chi connectivity index (χ1n) is 8.93. The van der Waals surface area contributed by atoms with Crippen molar-refractivity contribution in [3.05, 3.63) is 100 Å². The van der Waals surface area contributed by atoms with Crippen LogP contribution in [0.5, 0.6) is 5.75 Å². The van der Waals surface area contributed by atoms with E-state index in [1.165, 1.54) is 18.2 Å². The van der Waals surface area contributed by atoms with Crippen molar-refractivity contribution in [2.45, 2.75) is 18.7 Å². The van der Waals surface area contributed by atoms with Gasteiger partial charge in [-0.2, -0.15) is 5.10 Å². The molecule has 0 bridgehead atoms. The highest BCUT2D eigenvalue weighted by Crippen LogP contribution is 2.48. The van der Waals surface area contributed by atoms with Crippen LogP contribution < -0.4 is 4.74 Å². The van der Waals surface area contributed by atoms with E-state index >= 15 is 0 Å². The van der Waals surface area contributed by atoms with Gasteiger partial charge in [0.25, 0.3) is 0 Å². The summed E-state index contributed by atoms with van der Waals surface area (Å²) in [6.07, 6.45) is -0.180. The molecule has 6 heteroatoms. The van der Waals surface area contributed by atoms with Crippen LogP contribution in [0.15, 0.2) is 71.8 Å². The maximum Gasteiger partial charge on any atom is 0.218 e. The lowest BCUT2D eigenvalue weighted by Crippen LogP contribution is -2.34. The summed E-state index contributed by atoms with van der Waals surface area (Å²) in [5.41, 5.74) is 2.86. The van der Waals surface area contributed by atoms with Crippen molar-refractivity contribution in [3.8, 4) is 5.75 Å².